The minimum atomic E-state index is 0.512. The van der Waals surface area contributed by atoms with Gasteiger partial charge in [0.1, 0.15) is 0 Å². The summed E-state index contributed by atoms with van der Waals surface area (Å²) in [4.78, 5) is 2.44. The van der Waals surface area contributed by atoms with Crippen LogP contribution in [0.5, 0.6) is 0 Å². The average molecular weight is 240 g/mol. The molecule has 0 bridgehead atoms. The average Bonchev–Trinajstić information content (AvgIpc) is 2.74. The van der Waals surface area contributed by atoms with E-state index in [9.17, 15) is 0 Å². The fourth-order valence-electron chi connectivity index (χ4n) is 3.12. The first kappa shape index (κ1) is 13.3. The predicted molar refractivity (Wildman–Crippen MR) is 71.3 cm³/mol. The third-order valence-corrected chi connectivity index (χ3v) is 4.16. The van der Waals surface area contributed by atoms with Gasteiger partial charge in [0.15, 0.2) is 0 Å². The molecule has 3 heteroatoms. The molecule has 2 saturated heterocycles. The predicted octanol–water partition coefficient (Wildman–Crippen LogP) is 1.88. The summed E-state index contributed by atoms with van der Waals surface area (Å²) in [6.45, 7) is 6.95. The molecule has 0 aliphatic carbocycles. The zero-order valence-corrected chi connectivity index (χ0v) is 11.5. The second-order valence-corrected chi connectivity index (χ2v) is 5.83. The maximum absolute atomic E-state index is 5.79. The maximum atomic E-state index is 5.79. The van der Waals surface area contributed by atoms with E-state index in [2.05, 4.69) is 24.2 Å². The van der Waals surface area contributed by atoms with E-state index in [-0.39, 0.29) is 0 Å². The van der Waals surface area contributed by atoms with Crippen LogP contribution in [0.4, 0.5) is 0 Å². The summed E-state index contributed by atoms with van der Waals surface area (Å²) in [5, 5.41) is 3.77. The molecule has 2 heterocycles. The van der Waals surface area contributed by atoms with Gasteiger partial charge in [-0.25, -0.2) is 0 Å². The van der Waals surface area contributed by atoms with Gasteiger partial charge in [0.25, 0.3) is 0 Å². The van der Waals surface area contributed by atoms with Crippen molar-refractivity contribution < 1.29 is 4.74 Å². The number of rotatable bonds is 5. The highest BCUT2D eigenvalue weighted by molar-refractivity contribution is 4.80. The van der Waals surface area contributed by atoms with Crippen LogP contribution in [-0.2, 0) is 4.74 Å². The summed E-state index contributed by atoms with van der Waals surface area (Å²) in [7, 11) is 2.23. The molecule has 2 fully saturated rings. The van der Waals surface area contributed by atoms with Gasteiger partial charge in [0, 0.05) is 19.2 Å². The Labute approximate surface area is 106 Å². The van der Waals surface area contributed by atoms with Crippen LogP contribution >= 0.6 is 0 Å². The molecule has 2 aliphatic rings. The zero-order chi connectivity index (χ0) is 12.1. The van der Waals surface area contributed by atoms with Gasteiger partial charge in [-0.2, -0.15) is 0 Å². The first-order valence-electron chi connectivity index (χ1n) is 7.31. The minimum absolute atomic E-state index is 0.512. The van der Waals surface area contributed by atoms with Crippen LogP contribution in [0, 0.1) is 5.92 Å². The lowest BCUT2D eigenvalue weighted by atomic mass is 9.99. The Morgan fingerprint density at radius 1 is 1.35 bits per heavy atom. The molecule has 2 rings (SSSR count). The van der Waals surface area contributed by atoms with E-state index < -0.39 is 0 Å². The van der Waals surface area contributed by atoms with Crippen molar-refractivity contribution in [3.63, 3.8) is 0 Å². The summed E-state index contributed by atoms with van der Waals surface area (Å²) in [6, 6.07) is 0.700. The first-order chi connectivity index (χ1) is 8.28. The highest BCUT2D eigenvalue weighted by Crippen LogP contribution is 2.19. The van der Waals surface area contributed by atoms with Gasteiger partial charge in [0.05, 0.1) is 6.10 Å². The van der Waals surface area contributed by atoms with Gasteiger partial charge in [-0.3, -0.25) is 0 Å². The van der Waals surface area contributed by atoms with Crippen molar-refractivity contribution >= 4 is 0 Å². The molecule has 3 unspecified atom stereocenters. The monoisotopic (exact) mass is 240 g/mol. The molecule has 2 aliphatic heterocycles. The number of nitrogens with zero attached hydrogens (tertiary/aromatic N) is 1. The van der Waals surface area contributed by atoms with Gasteiger partial charge in [0.2, 0.25) is 0 Å². The largest absolute Gasteiger partial charge is 0.378 e. The van der Waals surface area contributed by atoms with E-state index in [1.165, 1.54) is 51.7 Å². The highest BCUT2D eigenvalue weighted by Gasteiger charge is 2.24. The Bertz CT molecular complexity index is 220. The van der Waals surface area contributed by atoms with E-state index in [0.29, 0.717) is 12.1 Å². The topological polar surface area (TPSA) is 24.5 Å². The van der Waals surface area contributed by atoms with Gasteiger partial charge in [-0.15, -0.1) is 0 Å². The van der Waals surface area contributed by atoms with Crippen molar-refractivity contribution in [2.45, 2.75) is 51.2 Å². The van der Waals surface area contributed by atoms with Crippen LogP contribution in [0.3, 0.4) is 0 Å². The Balaban J connectivity index is 1.64. The highest BCUT2D eigenvalue weighted by atomic mass is 16.5. The van der Waals surface area contributed by atoms with Crippen LogP contribution in [-0.4, -0.2) is 50.3 Å². The summed E-state index contributed by atoms with van der Waals surface area (Å²) < 4.78 is 5.79. The van der Waals surface area contributed by atoms with Gasteiger partial charge < -0.3 is 15.0 Å². The first-order valence-corrected chi connectivity index (χ1v) is 7.31. The van der Waals surface area contributed by atoms with Crippen molar-refractivity contribution in [3.8, 4) is 0 Å². The molecule has 0 amide bonds. The molecule has 0 radical (unpaired) electrons. The van der Waals surface area contributed by atoms with Gasteiger partial charge >= 0.3 is 0 Å². The molecule has 17 heavy (non-hydrogen) atoms. The molecule has 0 spiro atoms. The zero-order valence-electron chi connectivity index (χ0n) is 11.5. The molecule has 3 nitrogen and oxygen atoms in total. The van der Waals surface area contributed by atoms with Crippen LogP contribution in [0.1, 0.15) is 39.0 Å². The minimum Gasteiger partial charge on any atom is -0.378 e. The molecule has 0 aromatic carbocycles. The Morgan fingerprint density at radius 3 is 2.94 bits per heavy atom. The molecule has 3 atom stereocenters. The number of hydrogen-bond acceptors (Lipinski definition) is 3. The lowest BCUT2D eigenvalue weighted by Crippen LogP contribution is -2.41. The fraction of sp³-hybridized carbons (Fsp3) is 1.00. The van der Waals surface area contributed by atoms with Gasteiger partial charge in [-0.05, 0) is 51.7 Å². The Morgan fingerprint density at radius 2 is 2.24 bits per heavy atom. The van der Waals surface area contributed by atoms with Crippen molar-refractivity contribution in [2.75, 3.05) is 33.3 Å². The second-order valence-electron chi connectivity index (χ2n) is 5.83. The SMILES string of the molecule is CCCC1CC(NCC2CCN(C)C2)CCO1. The van der Waals surface area contributed by atoms with Crippen LogP contribution < -0.4 is 5.32 Å². The van der Waals surface area contributed by atoms with E-state index in [0.717, 1.165) is 12.5 Å². The smallest absolute Gasteiger partial charge is 0.0589 e. The fourth-order valence-corrected chi connectivity index (χ4v) is 3.12. The third-order valence-electron chi connectivity index (χ3n) is 4.16. The molecule has 0 aromatic rings. The number of nitrogens with one attached hydrogen (secondary N) is 1. The van der Waals surface area contributed by atoms with Crippen molar-refractivity contribution in [1.29, 1.82) is 0 Å². The number of ether oxygens (including phenoxy) is 1. The van der Waals surface area contributed by atoms with E-state index in [1.54, 1.807) is 0 Å². The third kappa shape index (κ3) is 4.23. The summed E-state index contributed by atoms with van der Waals surface area (Å²) >= 11 is 0. The van der Waals surface area contributed by atoms with E-state index >= 15 is 0 Å². The van der Waals surface area contributed by atoms with Crippen molar-refractivity contribution in [1.82, 2.24) is 10.2 Å². The van der Waals surface area contributed by atoms with Crippen LogP contribution in [0.2, 0.25) is 0 Å². The molecule has 0 saturated carbocycles. The molecular formula is C14H28N2O. The summed E-state index contributed by atoms with van der Waals surface area (Å²) in [6.07, 6.45) is 6.76. The standard InChI is InChI=1S/C14H28N2O/c1-3-4-14-9-13(6-8-17-14)15-10-12-5-7-16(2)11-12/h12-15H,3-11H2,1-2H3. The second kappa shape index (κ2) is 6.72. The van der Waals surface area contributed by atoms with Gasteiger partial charge in [-0.1, -0.05) is 13.3 Å². The Kier molecular flexibility index (Phi) is 5.26. The van der Waals surface area contributed by atoms with E-state index in [4.69, 9.17) is 4.74 Å². The quantitative estimate of drug-likeness (QED) is 0.794. The molecule has 1 N–H and O–H groups in total. The van der Waals surface area contributed by atoms with E-state index in [1.807, 2.05) is 0 Å². The normalized spacial score (nSPS) is 35.3. The van der Waals surface area contributed by atoms with Crippen molar-refractivity contribution in [3.05, 3.63) is 0 Å². The van der Waals surface area contributed by atoms with Crippen molar-refractivity contribution in [2.24, 2.45) is 5.92 Å². The maximum Gasteiger partial charge on any atom is 0.0589 e. The number of likely N-dealkylation sites (tertiary alicyclic amines) is 1. The molecule has 100 valence electrons. The van der Waals surface area contributed by atoms with Crippen LogP contribution in [0.25, 0.3) is 0 Å². The molecular weight excluding hydrogens is 212 g/mol. The Hall–Kier alpha value is -0.120. The lowest BCUT2D eigenvalue weighted by molar-refractivity contribution is -0.00362. The van der Waals surface area contributed by atoms with Crippen LogP contribution in [0.15, 0.2) is 0 Å². The lowest BCUT2D eigenvalue weighted by Gasteiger charge is -2.31. The summed E-state index contributed by atoms with van der Waals surface area (Å²) in [5.74, 6) is 0.868. The number of hydrogen-bond donors (Lipinski definition) is 1. The molecule has 0 aromatic heterocycles. The summed E-state index contributed by atoms with van der Waals surface area (Å²) in [5.41, 5.74) is 0.